The number of ether oxygens (including phenoxy) is 1. The predicted octanol–water partition coefficient (Wildman–Crippen LogP) is 1.57. The van der Waals surface area contributed by atoms with Gasteiger partial charge in [-0.2, -0.15) is 0 Å². The predicted molar refractivity (Wildman–Crippen MR) is 55.1 cm³/mol. The van der Waals surface area contributed by atoms with Crippen molar-refractivity contribution in [1.82, 2.24) is 0 Å². The lowest BCUT2D eigenvalue weighted by atomic mass is 9.98. The second kappa shape index (κ2) is 3.07. The fraction of sp³-hybridized carbons (Fsp3) is 0.500. The first-order chi connectivity index (χ1) is 6.84. The number of nitrogens with two attached hydrogens (primary N) is 1. The molecule has 2 atom stereocenters. The zero-order chi connectivity index (χ0) is 9.54. The van der Waals surface area contributed by atoms with Gasteiger partial charge in [-0.05, 0) is 29.5 Å². The maximum atomic E-state index is 5.85. The van der Waals surface area contributed by atoms with Crippen LogP contribution >= 0.6 is 0 Å². The Morgan fingerprint density at radius 3 is 2.93 bits per heavy atom. The molecule has 1 aromatic rings. The summed E-state index contributed by atoms with van der Waals surface area (Å²) in [5.41, 5.74) is 10.1. The van der Waals surface area contributed by atoms with Crippen molar-refractivity contribution in [2.24, 2.45) is 5.73 Å². The Morgan fingerprint density at radius 2 is 2.14 bits per heavy atom. The fourth-order valence-electron chi connectivity index (χ4n) is 2.21. The molecule has 3 rings (SSSR count). The van der Waals surface area contributed by atoms with E-state index in [1.165, 1.54) is 16.7 Å². The fourth-order valence-corrected chi connectivity index (χ4v) is 2.21. The average Bonchev–Trinajstić information content (AvgIpc) is 2.95. The van der Waals surface area contributed by atoms with Gasteiger partial charge in [0.25, 0.3) is 0 Å². The van der Waals surface area contributed by atoms with Gasteiger partial charge in [-0.3, -0.25) is 0 Å². The van der Waals surface area contributed by atoms with Crippen LogP contribution in [0.1, 0.15) is 29.0 Å². The molecule has 2 heteroatoms. The molecule has 1 aromatic carbocycles. The van der Waals surface area contributed by atoms with Gasteiger partial charge in [0, 0.05) is 12.0 Å². The molecule has 74 valence electrons. The zero-order valence-corrected chi connectivity index (χ0v) is 8.20. The number of fused-ring (bicyclic) bond motifs is 1. The normalized spacial score (nSPS) is 29.8. The van der Waals surface area contributed by atoms with Crippen LogP contribution in [0.25, 0.3) is 0 Å². The largest absolute Gasteiger partial charge is 0.376 e. The van der Waals surface area contributed by atoms with Crippen LogP contribution < -0.4 is 5.73 Å². The summed E-state index contributed by atoms with van der Waals surface area (Å²) in [6, 6.07) is 7.16. The molecule has 0 spiro atoms. The van der Waals surface area contributed by atoms with Crippen LogP contribution in [0.2, 0.25) is 0 Å². The summed E-state index contributed by atoms with van der Waals surface area (Å²) in [5.74, 6) is 0.628. The van der Waals surface area contributed by atoms with Crippen LogP contribution in [0.15, 0.2) is 18.2 Å². The first-order valence-corrected chi connectivity index (χ1v) is 5.29. The van der Waals surface area contributed by atoms with E-state index in [9.17, 15) is 0 Å². The van der Waals surface area contributed by atoms with E-state index in [0.29, 0.717) is 12.0 Å². The molecule has 0 radical (unpaired) electrons. The molecule has 1 aliphatic carbocycles. The zero-order valence-electron chi connectivity index (χ0n) is 8.20. The Labute approximate surface area is 84.1 Å². The van der Waals surface area contributed by atoms with Crippen molar-refractivity contribution >= 4 is 0 Å². The van der Waals surface area contributed by atoms with E-state index in [0.717, 1.165) is 26.1 Å². The van der Waals surface area contributed by atoms with Crippen LogP contribution in [-0.4, -0.2) is 12.6 Å². The third-order valence-corrected chi connectivity index (χ3v) is 3.27. The van der Waals surface area contributed by atoms with Crippen molar-refractivity contribution in [2.75, 3.05) is 6.61 Å². The van der Waals surface area contributed by atoms with Gasteiger partial charge >= 0.3 is 0 Å². The van der Waals surface area contributed by atoms with Crippen molar-refractivity contribution < 1.29 is 4.74 Å². The van der Waals surface area contributed by atoms with Gasteiger partial charge in [0.1, 0.15) is 0 Å². The van der Waals surface area contributed by atoms with Gasteiger partial charge in [0.15, 0.2) is 0 Å². The Hall–Kier alpha value is -0.860. The molecule has 0 amide bonds. The average molecular weight is 189 g/mol. The second-order valence-electron chi connectivity index (χ2n) is 4.34. The summed E-state index contributed by atoms with van der Waals surface area (Å²) in [5, 5.41) is 0. The van der Waals surface area contributed by atoms with Crippen LogP contribution in [0.4, 0.5) is 0 Å². The minimum absolute atomic E-state index is 0.410. The molecule has 1 fully saturated rings. The van der Waals surface area contributed by atoms with Gasteiger partial charge in [0.05, 0.1) is 13.2 Å². The molecule has 0 aromatic heterocycles. The molecule has 1 saturated carbocycles. The molecule has 2 N–H and O–H groups in total. The molecule has 2 nitrogen and oxygen atoms in total. The van der Waals surface area contributed by atoms with Gasteiger partial charge in [-0.1, -0.05) is 18.2 Å². The number of hydrogen-bond acceptors (Lipinski definition) is 2. The highest BCUT2D eigenvalue weighted by Crippen LogP contribution is 2.39. The molecule has 0 saturated heterocycles. The van der Waals surface area contributed by atoms with Crippen LogP contribution in [0, 0.1) is 0 Å². The lowest BCUT2D eigenvalue weighted by Crippen LogP contribution is -2.10. The molecule has 2 aliphatic rings. The van der Waals surface area contributed by atoms with E-state index >= 15 is 0 Å². The SMILES string of the molecule is N[C@@H]1C[C@H]1c1ccc2c(c1)CCOC2. The molecule has 1 heterocycles. The van der Waals surface area contributed by atoms with E-state index in [1.807, 2.05) is 0 Å². The highest BCUT2D eigenvalue weighted by atomic mass is 16.5. The van der Waals surface area contributed by atoms with Crippen molar-refractivity contribution in [3.8, 4) is 0 Å². The van der Waals surface area contributed by atoms with Crippen molar-refractivity contribution in [3.63, 3.8) is 0 Å². The third-order valence-electron chi connectivity index (χ3n) is 3.27. The number of hydrogen-bond donors (Lipinski definition) is 1. The summed E-state index contributed by atoms with van der Waals surface area (Å²) in [4.78, 5) is 0. The first-order valence-electron chi connectivity index (χ1n) is 5.29. The summed E-state index contributed by atoms with van der Waals surface area (Å²) in [7, 11) is 0. The van der Waals surface area contributed by atoms with Crippen LogP contribution in [-0.2, 0) is 17.8 Å². The van der Waals surface area contributed by atoms with E-state index in [4.69, 9.17) is 10.5 Å². The van der Waals surface area contributed by atoms with E-state index in [2.05, 4.69) is 18.2 Å². The topological polar surface area (TPSA) is 35.2 Å². The Morgan fingerprint density at radius 1 is 1.29 bits per heavy atom. The lowest BCUT2D eigenvalue weighted by Gasteiger charge is -2.17. The Kier molecular flexibility index (Phi) is 1.85. The Bertz CT molecular complexity index is 361. The van der Waals surface area contributed by atoms with Gasteiger partial charge in [-0.15, -0.1) is 0 Å². The molecule has 14 heavy (non-hydrogen) atoms. The molecule has 0 unspecified atom stereocenters. The van der Waals surface area contributed by atoms with Gasteiger partial charge in [-0.25, -0.2) is 0 Å². The quantitative estimate of drug-likeness (QED) is 0.728. The van der Waals surface area contributed by atoms with E-state index in [1.54, 1.807) is 0 Å². The van der Waals surface area contributed by atoms with Crippen LogP contribution in [0.5, 0.6) is 0 Å². The minimum Gasteiger partial charge on any atom is -0.376 e. The van der Waals surface area contributed by atoms with Gasteiger partial charge in [0.2, 0.25) is 0 Å². The standard InChI is InChI=1S/C12H15NO/c13-12-6-11(12)9-1-2-10-7-14-4-3-8(10)5-9/h1-2,5,11-12H,3-4,6-7,13H2/t11-,12+/m0/s1. The first kappa shape index (κ1) is 8.45. The summed E-state index contributed by atoms with van der Waals surface area (Å²) in [6.45, 7) is 1.65. The molecule has 0 bridgehead atoms. The second-order valence-corrected chi connectivity index (χ2v) is 4.34. The smallest absolute Gasteiger partial charge is 0.0719 e. The van der Waals surface area contributed by atoms with Crippen molar-refractivity contribution in [1.29, 1.82) is 0 Å². The molecular weight excluding hydrogens is 174 g/mol. The lowest BCUT2D eigenvalue weighted by molar-refractivity contribution is 0.110. The number of rotatable bonds is 1. The maximum Gasteiger partial charge on any atom is 0.0719 e. The van der Waals surface area contributed by atoms with Gasteiger partial charge < -0.3 is 10.5 Å². The summed E-state index contributed by atoms with van der Waals surface area (Å²) in [6.07, 6.45) is 2.22. The highest BCUT2D eigenvalue weighted by molar-refractivity contribution is 5.37. The van der Waals surface area contributed by atoms with E-state index < -0.39 is 0 Å². The van der Waals surface area contributed by atoms with E-state index in [-0.39, 0.29) is 0 Å². The third kappa shape index (κ3) is 1.35. The highest BCUT2D eigenvalue weighted by Gasteiger charge is 2.35. The Balaban J connectivity index is 1.93. The number of benzene rings is 1. The minimum atomic E-state index is 0.410. The summed E-state index contributed by atoms with van der Waals surface area (Å²) < 4.78 is 5.41. The molecular formula is C12H15NO. The maximum absolute atomic E-state index is 5.85. The van der Waals surface area contributed by atoms with Crippen LogP contribution in [0.3, 0.4) is 0 Å². The monoisotopic (exact) mass is 189 g/mol. The molecule has 1 aliphatic heterocycles. The summed E-state index contributed by atoms with van der Waals surface area (Å²) >= 11 is 0. The van der Waals surface area contributed by atoms with Crippen molar-refractivity contribution in [2.45, 2.75) is 31.4 Å². The van der Waals surface area contributed by atoms with Crippen molar-refractivity contribution in [3.05, 3.63) is 34.9 Å².